The molecule has 8 heteroatoms. The van der Waals surface area contributed by atoms with E-state index in [0.717, 1.165) is 5.56 Å². The first-order chi connectivity index (χ1) is 13.0. The predicted octanol–water partition coefficient (Wildman–Crippen LogP) is 4.63. The number of carboxylic acid groups (broad SMARTS) is 1. The van der Waals surface area contributed by atoms with Crippen molar-refractivity contribution in [1.29, 1.82) is 0 Å². The lowest BCUT2D eigenvalue weighted by Crippen LogP contribution is -2.03. The summed E-state index contributed by atoms with van der Waals surface area (Å²) in [5.74, 6) is 0.449. The van der Waals surface area contributed by atoms with Crippen molar-refractivity contribution in [1.82, 2.24) is 9.97 Å². The SMILES string of the molecule is COc1cc(Cl)c(C)cc1Nc1nccc(Nc2cccc(C(=O)O)c2)n1. The lowest BCUT2D eigenvalue weighted by Gasteiger charge is -2.13. The smallest absolute Gasteiger partial charge is 0.335 e. The summed E-state index contributed by atoms with van der Waals surface area (Å²) in [4.78, 5) is 19.7. The number of carbonyl (C=O) groups is 1. The Morgan fingerprint density at radius 2 is 2.00 bits per heavy atom. The van der Waals surface area contributed by atoms with Crippen molar-refractivity contribution in [2.45, 2.75) is 6.92 Å². The highest BCUT2D eigenvalue weighted by molar-refractivity contribution is 6.31. The summed E-state index contributed by atoms with van der Waals surface area (Å²) < 4.78 is 5.34. The van der Waals surface area contributed by atoms with Crippen LogP contribution in [0.3, 0.4) is 0 Å². The first-order valence-electron chi connectivity index (χ1n) is 8.01. The highest BCUT2D eigenvalue weighted by Crippen LogP contribution is 2.32. The van der Waals surface area contributed by atoms with Gasteiger partial charge in [0.2, 0.25) is 5.95 Å². The summed E-state index contributed by atoms with van der Waals surface area (Å²) in [6.45, 7) is 1.89. The molecule has 1 heterocycles. The van der Waals surface area contributed by atoms with Gasteiger partial charge in [0.1, 0.15) is 11.6 Å². The molecule has 7 nitrogen and oxygen atoms in total. The summed E-state index contributed by atoms with van der Waals surface area (Å²) >= 11 is 6.13. The van der Waals surface area contributed by atoms with Gasteiger partial charge in [-0.25, -0.2) is 9.78 Å². The van der Waals surface area contributed by atoms with E-state index in [1.54, 1.807) is 37.6 Å². The number of aryl methyl sites for hydroxylation is 1. The summed E-state index contributed by atoms with van der Waals surface area (Å²) in [6, 6.07) is 11.7. The monoisotopic (exact) mass is 384 g/mol. The Hall–Kier alpha value is -3.32. The Morgan fingerprint density at radius 1 is 1.19 bits per heavy atom. The molecule has 0 aliphatic heterocycles. The van der Waals surface area contributed by atoms with E-state index >= 15 is 0 Å². The molecule has 1 aromatic heterocycles. The van der Waals surface area contributed by atoms with Crippen molar-refractivity contribution in [3.63, 3.8) is 0 Å². The van der Waals surface area contributed by atoms with E-state index in [2.05, 4.69) is 20.6 Å². The van der Waals surface area contributed by atoms with Crippen molar-refractivity contribution in [3.05, 3.63) is 64.8 Å². The highest BCUT2D eigenvalue weighted by Gasteiger charge is 2.09. The number of methoxy groups -OCH3 is 1. The standard InChI is InChI=1S/C19H17ClN4O3/c1-11-8-15(16(27-2)10-14(11)20)23-19-21-7-6-17(24-19)22-13-5-3-4-12(9-13)18(25)26/h3-10H,1-2H3,(H,25,26)(H2,21,22,23,24). The Morgan fingerprint density at radius 3 is 2.74 bits per heavy atom. The average Bonchev–Trinajstić information content (AvgIpc) is 2.65. The first-order valence-corrected chi connectivity index (χ1v) is 8.38. The fourth-order valence-corrected chi connectivity index (χ4v) is 2.57. The van der Waals surface area contributed by atoms with Crippen LogP contribution in [0.2, 0.25) is 5.02 Å². The Balaban J connectivity index is 1.83. The molecule has 0 amide bonds. The van der Waals surface area contributed by atoms with Crippen LogP contribution in [0.15, 0.2) is 48.7 Å². The van der Waals surface area contributed by atoms with Crippen molar-refractivity contribution < 1.29 is 14.6 Å². The average molecular weight is 385 g/mol. The second kappa shape index (κ2) is 7.92. The number of anilines is 4. The second-order valence-corrected chi connectivity index (χ2v) is 6.11. The minimum atomic E-state index is -0.992. The minimum Gasteiger partial charge on any atom is -0.495 e. The third-order valence-electron chi connectivity index (χ3n) is 3.76. The Labute approximate surface area is 161 Å². The molecule has 0 aliphatic carbocycles. The third-order valence-corrected chi connectivity index (χ3v) is 4.17. The van der Waals surface area contributed by atoms with Gasteiger partial charge < -0.3 is 20.5 Å². The van der Waals surface area contributed by atoms with Crippen LogP contribution in [0.25, 0.3) is 0 Å². The van der Waals surface area contributed by atoms with Gasteiger partial charge >= 0.3 is 5.97 Å². The van der Waals surface area contributed by atoms with E-state index < -0.39 is 5.97 Å². The Kier molecular flexibility index (Phi) is 5.42. The quantitative estimate of drug-likeness (QED) is 0.570. The van der Waals surface area contributed by atoms with E-state index in [-0.39, 0.29) is 5.56 Å². The van der Waals surface area contributed by atoms with E-state index in [0.29, 0.717) is 33.9 Å². The molecule has 0 saturated carbocycles. The van der Waals surface area contributed by atoms with Crippen LogP contribution in [-0.4, -0.2) is 28.2 Å². The molecule has 138 valence electrons. The van der Waals surface area contributed by atoms with Gasteiger partial charge in [0.05, 0.1) is 18.4 Å². The molecule has 0 atom stereocenters. The molecule has 0 radical (unpaired) electrons. The van der Waals surface area contributed by atoms with Crippen LogP contribution in [0.5, 0.6) is 5.75 Å². The maximum atomic E-state index is 11.1. The highest BCUT2D eigenvalue weighted by atomic mass is 35.5. The van der Waals surface area contributed by atoms with E-state index in [1.165, 1.54) is 12.1 Å². The van der Waals surface area contributed by atoms with E-state index in [1.807, 2.05) is 13.0 Å². The van der Waals surface area contributed by atoms with Crippen LogP contribution in [0, 0.1) is 6.92 Å². The largest absolute Gasteiger partial charge is 0.495 e. The normalized spacial score (nSPS) is 10.3. The number of aromatic nitrogens is 2. The number of carboxylic acids is 1. The second-order valence-electron chi connectivity index (χ2n) is 5.70. The predicted molar refractivity (Wildman–Crippen MR) is 105 cm³/mol. The zero-order chi connectivity index (χ0) is 19.4. The van der Waals surface area contributed by atoms with E-state index in [4.69, 9.17) is 21.4 Å². The van der Waals surface area contributed by atoms with Gasteiger partial charge in [0.15, 0.2) is 0 Å². The number of rotatable bonds is 6. The number of hydrogen-bond donors (Lipinski definition) is 3. The third kappa shape index (κ3) is 4.45. The van der Waals surface area contributed by atoms with E-state index in [9.17, 15) is 4.79 Å². The Bertz CT molecular complexity index is 994. The minimum absolute atomic E-state index is 0.189. The summed E-state index contributed by atoms with van der Waals surface area (Å²) in [7, 11) is 1.56. The molecule has 3 aromatic rings. The number of nitrogens with one attached hydrogen (secondary N) is 2. The van der Waals surface area contributed by atoms with Gasteiger partial charge in [-0.1, -0.05) is 17.7 Å². The molecule has 3 N–H and O–H groups in total. The fraction of sp³-hybridized carbons (Fsp3) is 0.105. The zero-order valence-electron chi connectivity index (χ0n) is 14.7. The van der Waals surface area contributed by atoms with Crippen molar-refractivity contribution in [2.24, 2.45) is 0 Å². The number of aromatic carboxylic acids is 1. The molecular weight excluding hydrogens is 368 g/mol. The lowest BCUT2D eigenvalue weighted by atomic mass is 10.2. The molecule has 0 saturated heterocycles. The number of nitrogens with zero attached hydrogens (tertiary/aromatic N) is 2. The molecule has 0 bridgehead atoms. The van der Waals surface area contributed by atoms with Gasteiger partial charge in [-0.2, -0.15) is 4.98 Å². The first kappa shape index (κ1) is 18.5. The van der Waals surface area contributed by atoms with Crippen LogP contribution in [0.1, 0.15) is 15.9 Å². The number of halogens is 1. The van der Waals surface area contributed by atoms with Gasteiger partial charge in [0.25, 0.3) is 0 Å². The maximum Gasteiger partial charge on any atom is 0.335 e. The van der Waals surface area contributed by atoms with Gasteiger partial charge in [-0.15, -0.1) is 0 Å². The van der Waals surface area contributed by atoms with Crippen LogP contribution < -0.4 is 15.4 Å². The molecule has 0 spiro atoms. The van der Waals surface area contributed by atoms with Crippen LogP contribution in [0.4, 0.5) is 23.1 Å². The molecule has 0 unspecified atom stereocenters. The van der Waals surface area contributed by atoms with Crippen molar-refractivity contribution in [2.75, 3.05) is 17.7 Å². The molecule has 27 heavy (non-hydrogen) atoms. The van der Waals surface area contributed by atoms with Gasteiger partial charge in [-0.05, 0) is 42.8 Å². The topological polar surface area (TPSA) is 96.4 Å². The van der Waals surface area contributed by atoms with Gasteiger partial charge in [0, 0.05) is 23.0 Å². The summed E-state index contributed by atoms with van der Waals surface area (Å²) in [6.07, 6.45) is 1.59. The number of hydrogen-bond acceptors (Lipinski definition) is 6. The number of ether oxygens (including phenoxy) is 1. The molecule has 0 fully saturated rings. The van der Waals surface area contributed by atoms with Crippen molar-refractivity contribution >= 4 is 40.7 Å². The molecule has 0 aliphatic rings. The van der Waals surface area contributed by atoms with Crippen LogP contribution >= 0.6 is 11.6 Å². The van der Waals surface area contributed by atoms with Gasteiger partial charge in [-0.3, -0.25) is 0 Å². The lowest BCUT2D eigenvalue weighted by molar-refractivity contribution is 0.0697. The fourth-order valence-electron chi connectivity index (χ4n) is 2.42. The molecule has 3 rings (SSSR count). The van der Waals surface area contributed by atoms with Crippen molar-refractivity contribution in [3.8, 4) is 5.75 Å². The molecular formula is C19H17ClN4O3. The van der Waals surface area contributed by atoms with Crippen LogP contribution in [-0.2, 0) is 0 Å². The summed E-state index contributed by atoms with van der Waals surface area (Å²) in [5, 5.41) is 15.9. The summed E-state index contributed by atoms with van der Waals surface area (Å²) in [5.41, 5.74) is 2.37. The number of benzene rings is 2. The molecule has 2 aromatic carbocycles. The zero-order valence-corrected chi connectivity index (χ0v) is 15.4. The maximum absolute atomic E-state index is 11.1.